The summed E-state index contributed by atoms with van der Waals surface area (Å²) in [5.74, 6) is 0.459. The average molecular weight is 396 g/mol. The van der Waals surface area contributed by atoms with E-state index in [1.54, 1.807) is 35.8 Å². The lowest BCUT2D eigenvalue weighted by Gasteiger charge is -2.11. The molecule has 0 saturated heterocycles. The molecule has 2 aromatic heterocycles. The molecule has 28 heavy (non-hydrogen) atoms. The van der Waals surface area contributed by atoms with E-state index >= 15 is 0 Å². The zero-order valence-corrected chi connectivity index (χ0v) is 16.2. The van der Waals surface area contributed by atoms with Crippen molar-refractivity contribution in [2.45, 2.75) is 20.0 Å². The maximum absolute atomic E-state index is 12.5. The van der Waals surface area contributed by atoms with E-state index in [4.69, 9.17) is 4.74 Å². The second-order valence-electron chi connectivity index (χ2n) is 5.98. The highest BCUT2D eigenvalue weighted by Gasteiger charge is 2.13. The topological polar surface area (TPSA) is 93.2 Å². The first kappa shape index (κ1) is 19.5. The van der Waals surface area contributed by atoms with Crippen LogP contribution in [0.4, 0.5) is 5.82 Å². The molecule has 144 valence electrons. The van der Waals surface area contributed by atoms with E-state index in [1.165, 1.54) is 11.3 Å². The van der Waals surface area contributed by atoms with Crippen LogP contribution in [0.25, 0.3) is 0 Å². The standard InChI is InChI=1S/C20H20N4O3S/c1-14-5-4-8-18(23-14)24-19(25)9-10-21-20(26)16-6-2-3-7-17(16)27-11-15-12-28-13-22-15/h2-8,12-13H,9-11H2,1H3,(H,21,26)(H,23,24,25). The summed E-state index contributed by atoms with van der Waals surface area (Å²) in [6.07, 6.45) is 0.142. The fourth-order valence-corrected chi connectivity index (χ4v) is 2.99. The molecule has 0 aliphatic carbocycles. The molecule has 2 amide bonds. The summed E-state index contributed by atoms with van der Waals surface area (Å²) in [7, 11) is 0. The number of thiazole rings is 1. The highest BCUT2D eigenvalue weighted by Crippen LogP contribution is 2.19. The summed E-state index contributed by atoms with van der Waals surface area (Å²) in [5.41, 5.74) is 3.77. The number of anilines is 1. The zero-order chi connectivity index (χ0) is 19.8. The Hall–Kier alpha value is -3.26. The Balaban J connectivity index is 1.50. The van der Waals surface area contributed by atoms with Gasteiger partial charge in [-0.2, -0.15) is 0 Å². The smallest absolute Gasteiger partial charge is 0.255 e. The van der Waals surface area contributed by atoms with Crippen molar-refractivity contribution in [2.75, 3.05) is 11.9 Å². The van der Waals surface area contributed by atoms with E-state index in [2.05, 4.69) is 20.6 Å². The van der Waals surface area contributed by atoms with E-state index in [1.807, 2.05) is 24.4 Å². The summed E-state index contributed by atoms with van der Waals surface area (Å²) in [5, 5.41) is 7.35. The van der Waals surface area contributed by atoms with E-state index in [9.17, 15) is 9.59 Å². The molecule has 2 N–H and O–H groups in total. The molecule has 0 spiro atoms. The first-order valence-corrected chi connectivity index (χ1v) is 9.66. The molecular formula is C20H20N4O3S. The van der Waals surface area contributed by atoms with Crippen LogP contribution in [0.15, 0.2) is 53.4 Å². The van der Waals surface area contributed by atoms with Gasteiger partial charge in [-0.25, -0.2) is 9.97 Å². The maximum atomic E-state index is 12.5. The lowest BCUT2D eigenvalue weighted by molar-refractivity contribution is -0.116. The fraction of sp³-hybridized carbons (Fsp3) is 0.200. The van der Waals surface area contributed by atoms with Gasteiger partial charge in [0.05, 0.1) is 16.8 Å². The fourth-order valence-electron chi connectivity index (χ4n) is 2.44. The quantitative estimate of drug-likeness (QED) is 0.610. The van der Waals surface area contributed by atoms with Crippen LogP contribution in [0, 0.1) is 6.92 Å². The van der Waals surface area contributed by atoms with E-state index in [0.717, 1.165) is 11.4 Å². The number of nitrogens with one attached hydrogen (secondary N) is 2. The average Bonchev–Trinajstić information content (AvgIpc) is 3.20. The molecule has 3 rings (SSSR count). The highest BCUT2D eigenvalue weighted by atomic mass is 32.1. The Labute approximate surface area is 166 Å². The molecule has 8 heteroatoms. The molecule has 1 aromatic carbocycles. The number of rotatable bonds is 8. The van der Waals surface area contributed by atoms with Crippen molar-refractivity contribution in [3.8, 4) is 5.75 Å². The summed E-state index contributed by atoms with van der Waals surface area (Å²) in [6.45, 7) is 2.35. The summed E-state index contributed by atoms with van der Waals surface area (Å²) >= 11 is 1.49. The number of hydrogen-bond donors (Lipinski definition) is 2. The molecule has 7 nitrogen and oxygen atoms in total. The van der Waals surface area contributed by atoms with Crippen LogP contribution < -0.4 is 15.4 Å². The van der Waals surface area contributed by atoms with Crippen molar-refractivity contribution in [1.82, 2.24) is 15.3 Å². The number of aryl methyl sites for hydroxylation is 1. The largest absolute Gasteiger partial charge is 0.486 e. The minimum Gasteiger partial charge on any atom is -0.486 e. The highest BCUT2D eigenvalue weighted by molar-refractivity contribution is 7.07. The van der Waals surface area contributed by atoms with Gasteiger partial charge < -0.3 is 15.4 Å². The molecule has 0 bridgehead atoms. The van der Waals surface area contributed by atoms with Gasteiger partial charge in [0, 0.05) is 24.0 Å². The second kappa shape index (κ2) is 9.61. The first-order chi connectivity index (χ1) is 13.6. The van der Waals surface area contributed by atoms with Gasteiger partial charge in [0.25, 0.3) is 5.91 Å². The van der Waals surface area contributed by atoms with Crippen LogP contribution in [0.1, 0.15) is 28.2 Å². The lowest BCUT2D eigenvalue weighted by atomic mass is 10.2. The number of amides is 2. The van der Waals surface area contributed by atoms with E-state index in [0.29, 0.717) is 23.7 Å². The van der Waals surface area contributed by atoms with Crippen molar-refractivity contribution in [3.05, 3.63) is 70.3 Å². The SMILES string of the molecule is Cc1cccc(NC(=O)CCNC(=O)c2ccccc2OCc2cscn2)n1. The minimum atomic E-state index is -0.296. The third kappa shape index (κ3) is 5.62. The second-order valence-corrected chi connectivity index (χ2v) is 6.70. The summed E-state index contributed by atoms with van der Waals surface area (Å²) in [4.78, 5) is 32.8. The number of benzene rings is 1. The number of para-hydroxylation sites is 1. The van der Waals surface area contributed by atoms with Crippen LogP contribution in [-0.4, -0.2) is 28.3 Å². The molecule has 0 atom stereocenters. The first-order valence-electron chi connectivity index (χ1n) is 8.72. The van der Waals surface area contributed by atoms with Crippen LogP contribution in [0.2, 0.25) is 0 Å². The number of ether oxygens (including phenoxy) is 1. The van der Waals surface area contributed by atoms with Crippen LogP contribution >= 0.6 is 11.3 Å². The molecule has 3 aromatic rings. The molecule has 0 fully saturated rings. The normalized spacial score (nSPS) is 10.3. The van der Waals surface area contributed by atoms with E-state index < -0.39 is 0 Å². The van der Waals surface area contributed by atoms with Gasteiger partial charge >= 0.3 is 0 Å². The van der Waals surface area contributed by atoms with E-state index in [-0.39, 0.29) is 24.8 Å². The third-order valence-corrected chi connectivity index (χ3v) is 4.42. The van der Waals surface area contributed by atoms with Gasteiger partial charge in [0.2, 0.25) is 5.91 Å². The summed E-state index contributed by atoms with van der Waals surface area (Å²) < 4.78 is 5.72. The molecule has 0 unspecified atom stereocenters. The number of carbonyl (C=O) groups excluding carboxylic acids is 2. The third-order valence-electron chi connectivity index (χ3n) is 3.78. The number of pyridine rings is 1. The van der Waals surface area contributed by atoms with Crippen LogP contribution in [-0.2, 0) is 11.4 Å². The Bertz CT molecular complexity index is 944. The molecular weight excluding hydrogens is 376 g/mol. The van der Waals surface area contributed by atoms with Gasteiger partial charge in [0.15, 0.2) is 0 Å². The zero-order valence-electron chi connectivity index (χ0n) is 15.3. The number of aromatic nitrogens is 2. The number of hydrogen-bond acceptors (Lipinski definition) is 6. The van der Waals surface area contributed by atoms with Crippen molar-refractivity contribution >= 4 is 29.0 Å². The van der Waals surface area contributed by atoms with Gasteiger partial charge in [0.1, 0.15) is 18.2 Å². The molecule has 0 aliphatic rings. The van der Waals surface area contributed by atoms with Gasteiger partial charge in [-0.15, -0.1) is 11.3 Å². The van der Waals surface area contributed by atoms with Crippen LogP contribution in [0.5, 0.6) is 5.75 Å². The van der Waals surface area contributed by atoms with Crippen molar-refractivity contribution in [2.24, 2.45) is 0 Å². The van der Waals surface area contributed by atoms with Crippen molar-refractivity contribution in [1.29, 1.82) is 0 Å². The van der Waals surface area contributed by atoms with Gasteiger partial charge in [-0.05, 0) is 31.2 Å². The Kier molecular flexibility index (Phi) is 6.69. The molecule has 0 radical (unpaired) electrons. The Morgan fingerprint density at radius 2 is 2.00 bits per heavy atom. The lowest BCUT2D eigenvalue weighted by Crippen LogP contribution is -2.28. The molecule has 2 heterocycles. The van der Waals surface area contributed by atoms with Crippen LogP contribution in [0.3, 0.4) is 0 Å². The predicted molar refractivity (Wildman–Crippen MR) is 107 cm³/mol. The number of nitrogens with zero attached hydrogens (tertiary/aromatic N) is 2. The van der Waals surface area contributed by atoms with Gasteiger partial charge in [-0.1, -0.05) is 18.2 Å². The Morgan fingerprint density at radius 3 is 2.79 bits per heavy atom. The maximum Gasteiger partial charge on any atom is 0.255 e. The monoisotopic (exact) mass is 396 g/mol. The summed E-state index contributed by atoms with van der Waals surface area (Å²) in [6, 6.07) is 12.4. The Morgan fingerprint density at radius 1 is 1.14 bits per heavy atom. The predicted octanol–water partition coefficient (Wildman–Crippen LogP) is 3.18. The van der Waals surface area contributed by atoms with Gasteiger partial charge in [-0.3, -0.25) is 9.59 Å². The minimum absolute atomic E-state index is 0.142. The molecule has 0 saturated carbocycles. The number of carbonyl (C=O) groups is 2. The molecule has 0 aliphatic heterocycles. The van der Waals surface area contributed by atoms with Crippen molar-refractivity contribution in [3.63, 3.8) is 0 Å². The van der Waals surface area contributed by atoms with Crippen molar-refractivity contribution < 1.29 is 14.3 Å².